The first-order chi connectivity index (χ1) is 10.0. The topological polar surface area (TPSA) is 75.4 Å². The molecule has 2 rings (SSSR count). The van der Waals surface area contributed by atoms with Crippen molar-refractivity contribution in [3.05, 3.63) is 24.3 Å². The van der Waals surface area contributed by atoms with Crippen molar-refractivity contribution >= 4 is 34.7 Å². The zero-order valence-electron chi connectivity index (χ0n) is 11.9. The molecule has 1 aromatic heterocycles. The van der Waals surface area contributed by atoms with Crippen LogP contribution in [0, 0.1) is 0 Å². The number of hydrogen-bond donors (Lipinski definition) is 1. The maximum atomic E-state index is 12.1. The molecule has 0 aliphatic heterocycles. The fourth-order valence-corrected chi connectivity index (χ4v) is 2.61. The Morgan fingerprint density at radius 1 is 1.38 bits per heavy atom. The Kier molecular flexibility index (Phi) is 4.85. The molecular formula is C14H17N3O3S. The number of thioether (sulfide) groups is 1. The number of fused-ring (bicyclic) bond motifs is 1. The number of para-hydroxylation sites is 2. The third-order valence-electron chi connectivity index (χ3n) is 3.14. The summed E-state index contributed by atoms with van der Waals surface area (Å²) in [5, 5.41) is 9.37. The first-order valence-electron chi connectivity index (χ1n) is 6.56. The summed E-state index contributed by atoms with van der Waals surface area (Å²) in [7, 11) is 1.74. The predicted molar refractivity (Wildman–Crippen MR) is 81.4 cm³/mol. The van der Waals surface area contributed by atoms with Gasteiger partial charge in [0.25, 0.3) is 0 Å². The SMILES string of the molecule is CCN(C)C(=O)Cn1c(SCC(=O)O)nc2ccccc21. The predicted octanol–water partition coefficient (Wildman–Crippen LogP) is 1.69. The second-order valence-corrected chi connectivity index (χ2v) is 5.50. The maximum absolute atomic E-state index is 12.1. The van der Waals surface area contributed by atoms with Gasteiger partial charge in [0.1, 0.15) is 6.54 Å². The monoisotopic (exact) mass is 307 g/mol. The average molecular weight is 307 g/mol. The molecule has 0 fully saturated rings. The lowest BCUT2D eigenvalue weighted by Crippen LogP contribution is -2.30. The van der Waals surface area contributed by atoms with E-state index in [0.717, 1.165) is 22.8 Å². The number of carbonyl (C=O) groups excluding carboxylic acids is 1. The molecule has 1 heterocycles. The Morgan fingerprint density at radius 3 is 2.76 bits per heavy atom. The molecule has 0 saturated heterocycles. The number of nitrogens with zero attached hydrogens (tertiary/aromatic N) is 3. The molecule has 2 aromatic rings. The average Bonchev–Trinajstić information content (AvgIpc) is 2.82. The van der Waals surface area contributed by atoms with Crippen LogP contribution in [0.4, 0.5) is 0 Å². The number of carboxylic acids is 1. The van der Waals surface area contributed by atoms with E-state index in [-0.39, 0.29) is 18.2 Å². The number of amides is 1. The van der Waals surface area contributed by atoms with Gasteiger partial charge in [-0.2, -0.15) is 0 Å². The van der Waals surface area contributed by atoms with Crippen LogP contribution in [-0.2, 0) is 16.1 Å². The summed E-state index contributed by atoms with van der Waals surface area (Å²) >= 11 is 1.12. The number of imidazole rings is 1. The van der Waals surface area contributed by atoms with Gasteiger partial charge < -0.3 is 14.6 Å². The fraction of sp³-hybridized carbons (Fsp3) is 0.357. The van der Waals surface area contributed by atoms with E-state index in [1.165, 1.54) is 0 Å². The molecule has 0 aliphatic carbocycles. The Hall–Kier alpha value is -2.02. The quantitative estimate of drug-likeness (QED) is 0.822. The van der Waals surface area contributed by atoms with Gasteiger partial charge in [-0.05, 0) is 19.1 Å². The maximum Gasteiger partial charge on any atom is 0.313 e. The van der Waals surface area contributed by atoms with Crippen molar-refractivity contribution in [1.29, 1.82) is 0 Å². The normalized spacial score (nSPS) is 10.8. The number of benzene rings is 1. The van der Waals surface area contributed by atoms with Crippen LogP contribution in [0.3, 0.4) is 0 Å². The number of carbonyl (C=O) groups is 2. The van der Waals surface area contributed by atoms with Crippen molar-refractivity contribution < 1.29 is 14.7 Å². The van der Waals surface area contributed by atoms with Gasteiger partial charge >= 0.3 is 5.97 Å². The number of aromatic nitrogens is 2. The lowest BCUT2D eigenvalue weighted by Gasteiger charge is -2.16. The van der Waals surface area contributed by atoms with Gasteiger partial charge in [0, 0.05) is 13.6 Å². The summed E-state index contributed by atoms with van der Waals surface area (Å²) < 4.78 is 1.78. The van der Waals surface area contributed by atoms with E-state index in [1.54, 1.807) is 16.5 Å². The van der Waals surface area contributed by atoms with Crippen molar-refractivity contribution in [2.75, 3.05) is 19.3 Å². The summed E-state index contributed by atoms with van der Waals surface area (Å²) in [5.74, 6) is -1.02. The van der Waals surface area contributed by atoms with Crippen molar-refractivity contribution in [1.82, 2.24) is 14.5 Å². The Balaban J connectivity index is 2.35. The molecular weight excluding hydrogens is 290 g/mol. The van der Waals surface area contributed by atoms with E-state index < -0.39 is 5.97 Å². The summed E-state index contributed by atoms with van der Waals surface area (Å²) in [5.41, 5.74) is 1.60. The summed E-state index contributed by atoms with van der Waals surface area (Å²) in [4.78, 5) is 28.9. The van der Waals surface area contributed by atoms with Gasteiger partial charge in [0.2, 0.25) is 5.91 Å². The summed E-state index contributed by atoms with van der Waals surface area (Å²) in [6.07, 6.45) is 0. The van der Waals surface area contributed by atoms with Crippen LogP contribution in [0.2, 0.25) is 0 Å². The first-order valence-corrected chi connectivity index (χ1v) is 7.55. The number of likely N-dealkylation sites (N-methyl/N-ethyl adjacent to an activating group) is 1. The molecule has 0 bridgehead atoms. The van der Waals surface area contributed by atoms with Crippen LogP contribution in [0.15, 0.2) is 29.4 Å². The van der Waals surface area contributed by atoms with Crippen LogP contribution >= 0.6 is 11.8 Å². The highest BCUT2D eigenvalue weighted by atomic mass is 32.2. The third kappa shape index (κ3) is 3.55. The standard InChI is InChI=1S/C14H17N3O3S/c1-3-16(2)12(18)8-17-11-7-5-4-6-10(11)15-14(17)21-9-13(19)20/h4-7H,3,8-9H2,1-2H3,(H,19,20). The van der Waals surface area contributed by atoms with Gasteiger partial charge in [-0.1, -0.05) is 23.9 Å². The van der Waals surface area contributed by atoms with E-state index in [2.05, 4.69) is 4.98 Å². The molecule has 0 unspecified atom stereocenters. The first kappa shape index (κ1) is 15.4. The van der Waals surface area contributed by atoms with Crippen molar-refractivity contribution in [2.45, 2.75) is 18.6 Å². The van der Waals surface area contributed by atoms with Crippen LogP contribution in [0.5, 0.6) is 0 Å². The molecule has 0 atom stereocenters. The molecule has 0 saturated carbocycles. The van der Waals surface area contributed by atoms with E-state index in [4.69, 9.17) is 5.11 Å². The van der Waals surface area contributed by atoms with Crippen LogP contribution < -0.4 is 0 Å². The fourth-order valence-electron chi connectivity index (χ4n) is 1.87. The molecule has 6 nitrogen and oxygen atoms in total. The smallest absolute Gasteiger partial charge is 0.313 e. The highest BCUT2D eigenvalue weighted by molar-refractivity contribution is 7.99. The molecule has 0 aliphatic rings. The number of hydrogen-bond acceptors (Lipinski definition) is 4. The lowest BCUT2D eigenvalue weighted by molar-refractivity contribution is -0.134. The van der Waals surface area contributed by atoms with Crippen LogP contribution in [0.25, 0.3) is 11.0 Å². The minimum atomic E-state index is -0.907. The second-order valence-electron chi connectivity index (χ2n) is 4.56. The third-order valence-corrected chi connectivity index (χ3v) is 4.10. The van der Waals surface area contributed by atoms with E-state index in [0.29, 0.717) is 11.7 Å². The zero-order valence-corrected chi connectivity index (χ0v) is 12.8. The number of rotatable bonds is 6. The summed E-state index contributed by atoms with van der Waals surface area (Å²) in [6.45, 7) is 2.69. The zero-order chi connectivity index (χ0) is 15.4. The highest BCUT2D eigenvalue weighted by Gasteiger charge is 2.16. The molecule has 1 N–H and O–H groups in total. The number of carboxylic acid groups (broad SMARTS) is 1. The van der Waals surface area contributed by atoms with Gasteiger partial charge in [0.05, 0.1) is 16.8 Å². The van der Waals surface area contributed by atoms with Gasteiger partial charge in [0.15, 0.2) is 5.16 Å². The van der Waals surface area contributed by atoms with Crippen molar-refractivity contribution in [2.24, 2.45) is 0 Å². The lowest BCUT2D eigenvalue weighted by atomic mass is 10.3. The van der Waals surface area contributed by atoms with Crippen molar-refractivity contribution in [3.8, 4) is 0 Å². The summed E-state index contributed by atoms with van der Waals surface area (Å²) in [6, 6.07) is 7.47. The Bertz CT molecular complexity index is 669. The van der Waals surface area contributed by atoms with Crippen LogP contribution in [0.1, 0.15) is 6.92 Å². The molecule has 0 radical (unpaired) electrons. The van der Waals surface area contributed by atoms with Gasteiger partial charge in [-0.15, -0.1) is 0 Å². The largest absolute Gasteiger partial charge is 0.481 e. The van der Waals surface area contributed by atoms with Gasteiger partial charge in [-0.25, -0.2) is 4.98 Å². The molecule has 112 valence electrons. The molecule has 1 amide bonds. The second kappa shape index (κ2) is 6.62. The molecule has 1 aromatic carbocycles. The van der Waals surface area contributed by atoms with E-state index in [9.17, 15) is 9.59 Å². The van der Waals surface area contributed by atoms with E-state index in [1.807, 2.05) is 31.2 Å². The molecule has 0 spiro atoms. The molecule has 21 heavy (non-hydrogen) atoms. The van der Waals surface area contributed by atoms with Crippen molar-refractivity contribution in [3.63, 3.8) is 0 Å². The van der Waals surface area contributed by atoms with Gasteiger partial charge in [-0.3, -0.25) is 9.59 Å². The Labute approximate surface area is 126 Å². The minimum Gasteiger partial charge on any atom is -0.481 e. The highest BCUT2D eigenvalue weighted by Crippen LogP contribution is 2.24. The van der Waals surface area contributed by atoms with E-state index >= 15 is 0 Å². The minimum absolute atomic E-state index is 0.0298. The number of aliphatic carboxylic acids is 1. The van der Waals surface area contributed by atoms with Crippen LogP contribution in [-0.4, -0.2) is 50.8 Å². The Morgan fingerprint density at radius 2 is 2.10 bits per heavy atom. The molecule has 7 heteroatoms.